The van der Waals surface area contributed by atoms with Crippen molar-refractivity contribution >= 4 is 33.0 Å². The number of nitrogens with two attached hydrogens (primary N) is 1. The minimum absolute atomic E-state index is 0.0908. The lowest BCUT2D eigenvalue weighted by Gasteiger charge is -2.04. The molecule has 0 spiro atoms. The van der Waals surface area contributed by atoms with Crippen molar-refractivity contribution in [2.75, 3.05) is 4.72 Å². The van der Waals surface area contributed by atoms with E-state index in [-0.39, 0.29) is 15.6 Å². The van der Waals surface area contributed by atoms with Gasteiger partial charge in [-0.3, -0.25) is 14.2 Å². The summed E-state index contributed by atoms with van der Waals surface area (Å²) in [6.45, 7) is 6.01. The first-order valence-corrected chi connectivity index (χ1v) is 8.51. The Morgan fingerprint density at radius 2 is 2.14 bits per heavy atom. The van der Waals surface area contributed by atoms with Gasteiger partial charge in [-0.25, -0.2) is 8.42 Å². The molecule has 0 unspecified atom stereocenters. The number of anilines is 1. The maximum Gasteiger partial charge on any atom is 0.271 e. The van der Waals surface area contributed by atoms with E-state index < -0.39 is 15.9 Å². The molecule has 7 nitrogen and oxygen atoms in total. The largest absolute Gasteiger partial charge is 0.364 e. The summed E-state index contributed by atoms with van der Waals surface area (Å²) in [5.41, 5.74) is 6.12. The highest BCUT2D eigenvalue weighted by atomic mass is 32.2. The van der Waals surface area contributed by atoms with Gasteiger partial charge in [-0.2, -0.15) is 5.10 Å². The van der Waals surface area contributed by atoms with Crippen LogP contribution in [0.25, 0.3) is 0 Å². The monoisotopic (exact) mass is 328 g/mol. The van der Waals surface area contributed by atoms with Crippen molar-refractivity contribution in [1.82, 2.24) is 9.78 Å². The number of hydrogen-bond donors (Lipinski definition) is 2. The van der Waals surface area contributed by atoms with Gasteiger partial charge in [-0.05, 0) is 32.4 Å². The van der Waals surface area contributed by atoms with E-state index in [2.05, 4.69) is 9.82 Å². The van der Waals surface area contributed by atoms with Crippen LogP contribution in [0.3, 0.4) is 0 Å². The number of sulfonamides is 1. The summed E-state index contributed by atoms with van der Waals surface area (Å²) in [6.07, 6.45) is 1.45. The molecule has 2 aromatic heterocycles. The van der Waals surface area contributed by atoms with E-state index in [1.54, 1.807) is 6.07 Å². The number of carbonyl (C=O) groups excluding carboxylic acids is 1. The maximum absolute atomic E-state index is 12.3. The van der Waals surface area contributed by atoms with Gasteiger partial charge >= 0.3 is 0 Å². The molecule has 114 valence electrons. The fourth-order valence-electron chi connectivity index (χ4n) is 1.71. The number of aryl methyl sites for hydroxylation is 3. The first-order valence-electron chi connectivity index (χ1n) is 6.21. The Bertz CT molecular complexity index is 770. The number of amides is 1. The molecule has 3 N–H and O–H groups in total. The molecule has 0 fully saturated rings. The van der Waals surface area contributed by atoms with Crippen molar-refractivity contribution in [1.29, 1.82) is 0 Å². The van der Waals surface area contributed by atoms with E-state index in [4.69, 9.17) is 5.73 Å². The summed E-state index contributed by atoms with van der Waals surface area (Å²) in [5.74, 6) is -0.779. The quantitative estimate of drug-likeness (QED) is 0.866. The average molecular weight is 328 g/mol. The molecule has 21 heavy (non-hydrogen) atoms. The van der Waals surface area contributed by atoms with E-state index in [9.17, 15) is 13.2 Å². The van der Waals surface area contributed by atoms with Crippen molar-refractivity contribution in [2.24, 2.45) is 5.73 Å². The summed E-state index contributed by atoms with van der Waals surface area (Å²) in [6, 6.07) is 1.59. The Kier molecular flexibility index (Phi) is 4.06. The van der Waals surface area contributed by atoms with Crippen molar-refractivity contribution in [3.8, 4) is 0 Å². The lowest BCUT2D eigenvalue weighted by Crippen LogP contribution is -2.17. The SMILES string of the molecule is CCn1cc(NS(=O)(=O)c2cc(C)c(C)s2)c(C(N)=O)n1. The number of thiophene rings is 1. The van der Waals surface area contributed by atoms with Crippen LogP contribution in [-0.4, -0.2) is 24.1 Å². The highest BCUT2D eigenvalue weighted by molar-refractivity contribution is 7.94. The third-order valence-corrected chi connectivity index (χ3v) is 5.96. The molecule has 2 aromatic rings. The highest BCUT2D eigenvalue weighted by Crippen LogP contribution is 2.27. The molecule has 0 aliphatic rings. The number of aromatic nitrogens is 2. The number of primary amides is 1. The molecule has 0 aliphatic heterocycles. The Morgan fingerprint density at radius 3 is 2.62 bits per heavy atom. The van der Waals surface area contributed by atoms with Crippen molar-refractivity contribution in [3.05, 3.63) is 28.4 Å². The molecule has 0 aromatic carbocycles. The Morgan fingerprint density at radius 1 is 1.48 bits per heavy atom. The summed E-state index contributed by atoms with van der Waals surface area (Å²) in [5, 5.41) is 3.95. The molecule has 0 atom stereocenters. The van der Waals surface area contributed by atoms with E-state index in [0.29, 0.717) is 6.54 Å². The van der Waals surface area contributed by atoms with Crippen LogP contribution in [0.4, 0.5) is 5.69 Å². The summed E-state index contributed by atoms with van der Waals surface area (Å²) < 4.78 is 28.7. The molecule has 0 radical (unpaired) electrons. The highest BCUT2D eigenvalue weighted by Gasteiger charge is 2.22. The zero-order valence-corrected chi connectivity index (χ0v) is 13.5. The van der Waals surface area contributed by atoms with Gasteiger partial charge in [0.25, 0.3) is 15.9 Å². The minimum atomic E-state index is -3.76. The maximum atomic E-state index is 12.3. The number of nitrogens with one attached hydrogen (secondary N) is 1. The average Bonchev–Trinajstić information content (AvgIpc) is 2.94. The van der Waals surface area contributed by atoms with Crippen LogP contribution in [0.5, 0.6) is 0 Å². The molecule has 2 rings (SSSR count). The van der Waals surface area contributed by atoms with Crippen LogP contribution in [0, 0.1) is 13.8 Å². The lowest BCUT2D eigenvalue weighted by atomic mass is 10.3. The third kappa shape index (κ3) is 3.08. The lowest BCUT2D eigenvalue weighted by molar-refractivity contribution is 0.0995. The van der Waals surface area contributed by atoms with Gasteiger partial charge in [0.05, 0.1) is 5.69 Å². The van der Waals surface area contributed by atoms with Gasteiger partial charge in [0.1, 0.15) is 4.21 Å². The Hall–Kier alpha value is -1.87. The zero-order chi connectivity index (χ0) is 15.8. The summed E-state index contributed by atoms with van der Waals surface area (Å²) in [4.78, 5) is 12.3. The van der Waals surface area contributed by atoms with Gasteiger partial charge < -0.3 is 5.73 Å². The molecule has 9 heteroatoms. The molecular formula is C12H16N4O3S2. The molecule has 0 saturated carbocycles. The van der Waals surface area contributed by atoms with Gasteiger partial charge in [0.2, 0.25) is 0 Å². The fourth-order valence-corrected chi connectivity index (χ4v) is 4.27. The standard InChI is InChI=1S/C12H16N4O3S2/c1-4-16-6-9(11(14-16)12(13)17)15-21(18,19)10-5-7(2)8(3)20-10/h5-6,15H,4H2,1-3H3,(H2,13,17). The topological polar surface area (TPSA) is 107 Å². The van der Waals surface area contributed by atoms with Crippen LogP contribution in [0.2, 0.25) is 0 Å². The second kappa shape index (κ2) is 5.49. The first kappa shape index (κ1) is 15.5. The van der Waals surface area contributed by atoms with Gasteiger partial charge in [0, 0.05) is 17.6 Å². The molecule has 1 amide bonds. The smallest absolute Gasteiger partial charge is 0.271 e. The van der Waals surface area contributed by atoms with Crippen LogP contribution < -0.4 is 10.5 Å². The van der Waals surface area contributed by atoms with Gasteiger partial charge in [-0.15, -0.1) is 11.3 Å². The van der Waals surface area contributed by atoms with Gasteiger partial charge in [-0.1, -0.05) is 0 Å². The number of carbonyl (C=O) groups is 1. The normalized spacial score (nSPS) is 11.6. The second-order valence-corrected chi connectivity index (χ2v) is 7.69. The Labute approximate surface area is 126 Å². The molecule has 0 bridgehead atoms. The molecule has 2 heterocycles. The number of hydrogen-bond acceptors (Lipinski definition) is 5. The zero-order valence-electron chi connectivity index (χ0n) is 11.9. The van der Waals surface area contributed by atoms with Crippen molar-refractivity contribution in [3.63, 3.8) is 0 Å². The number of nitrogens with zero attached hydrogens (tertiary/aromatic N) is 2. The summed E-state index contributed by atoms with van der Waals surface area (Å²) in [7, 11) is -3.76. The van der Waals surface area contributed by atoms with Gasteiger partial charge in [0.15, 0.2) is 5.69 Å². The van der Waals surface area contributed by atoms with Crippen molar-refractivity contribution < 1.29 is 13.2 Å². The minimum Gasteiger partial charge on any atom is -0.364 e. The van der Waals surface area contributed by atoms with Crippen LogP contribution in [0.1, 0.15) is 27.9 Å². The van der Waals surface area contributed by atoms with E-state index in [0.717, 1.165) is 10.4 Å². The second-order valence-electron chi connectivity index (χ2n) is 4.52. The van der Waals surface area contributed by atoms with Crippen LogP contribution >= 0.6 is 11.3 Å². The van der Waals surface area contributed by atoms with E-state index in [1.165, 1.54) is 22.2 Å². The molecule has 0 aliphatic carbocycles. The fraction of sp³-hybridized carbons (Fsp3) is 0.333. The predicted molar refractivity (Wildman–Crippen MR) is 81.0 cm³/mol. The molecular weight excluding hydrogens is 312 g/mol. The number of rotatable bonds is 5. The van der Waals surface area contributed by atoms with Crippen LogP contribution in [-0.2, 0) is 16.6 Å². The summed E-state index contributed by atoms with van der Waals surface area (Å²) >= 11 is 1.17. The molecule has 0 saturated heterocycles. The first-order chi connectivity index (χ1) is 9.74. The van der Waals surface area contributed by atoms with E-state index in [1.807, 2.05) is 20.8 Å². The third-order valence-electron chi connectivity index (χ3n) is 2.97. The predicted octanol–water partition coefficient (Wildman–Crippen LogP) is 1.48. The van der Waals surface area contributed by atoms with Crippen molar-refractivity contribution in [2.45, 2.75) is 31.5 Å². The Balaban J connectivity index is 2.41. The van der Waals surface area contributed by atoms with Crippen LogP contribution in [0.15, 0.2) is 16.5 Å². The van der Waals surface area contributed by atoms with E-state index >= 15 is 0 Å².